The standard InChI is InChI=1S/C18H31N3O/c1-11(2)20-17(22)16-8-14(19)10-21(16)9-12-5-6-13-7-15(12)18(13,3)4/h5,11,13-16H,6-10,19H2,1-4H3,(H,20,22)/t13-,14-,15-,16-/m0/s1. The van der Waals surface area contributed by atoms with Gasteiger partial charge in [-0.3, -0.25) is 9.69 Å². The molecule has 2 fully saturated rings. The highest BCUT2D eigenvalue weighted by Crippen LogP contribution is 2.59. The van der Waals surface area contributed by atoms with Crippen molar-refractivity contribution >= 4 is 5.91 Å². The maximum Gasteiger partial charge on any atom is 0.237 e. The van der Waals surface area contributed by atoms with E-state index >= 15 is 0 Å². The molecule has 4 rings (SSSR count). The van der Waals surface area contributed by atoms with E-state index in [2.05, 4.69) is 30.1 Å². The highest BCUT2D eigenvalue weighted by Gasteiger charge is 2.51. The van der Waals surface area contributed by atoms with Gasteiger partial charge in [0.1, 0.15) is 0 Å². The average molecular weight is 305 g/mol. The summed E-state index contributed by atoms with van der Waals surface area (Å²) in [5.74, 6) is 1.71. The van der Waals surface area contributed by atoms with E-state index in [4.69, 9.17) is 5.73 Å². The van der Waals surface area contributed by atoms with Gasteiger partial charge in [-0.1, -0.05) is 25.5 Å². The van der Waals surface area contributed by atoms with Crippen LogP contribution in [0.3, 0.4) is 0 Å². The summed E-state index contributed by atoms with van der Waals surface area (Å²) in [4.78, 5) is 14.8. The van der Waals surface area contributed by atoms with Crippen molar-refractivity contribution < 1.29 is 4.79 Å². The van der Waals surface area contributed by atoms with E-state index in [1.54, 1.807) is 5.57 Å². The van der Waals surface area contributed by atoms with Crippen LogP contribution in [0.5, 0.6) is 0 Å². The number of likely N-dealkylation sites (tertiary alicyclic amines) is 1. The Hall–Kier alpha value is -0.870. The number of amides is 1. The van der Waals surface area contributed by atoms with Gasteiger partial charge in [0.2, 0.25) is 5.91 Å². The van der Waals surface area contributed by atoms with Crippen molar-refractivity contribution in [2.24, 2.45) is 23.0 Å². The lowest BCUT2D eigenvalue weighted by Crippen LogP contribution is -2.51. The molecule has 3 N–H and O–H groups in total. The minimum atomic E-state index is -0.0563. The van der Waals surface area contributed by atoms with E-state index in [1.165, 1.54) is 12.8 Å². The number of hydrogen-bond donors (Lipinski definition) is 2. The van der Waals surface area contributed by atoms with Crippen LogP contribution in [0, 0.1) is 17.3 Å². The molecule has 22 heavy (non-hydrogen) atoms. The molecule has 0 spiro atoms. The first-order chi connectivity index (χ1) is 10.3. The highest BCUT2D eigenvalue weighted by atomic mass is 16.2. The zero-order valence-corrected chi connectivity index (χ0v) is 14.4. The molecule has 4 atom stereocenters. The second-order valence-corrected chi connectivity index (χ2v) is 8.43. The molecule has 124 valence electrons. The molecule has 0 radical (unpaired) electrons. The number of carbonyl (C=O) groups is 1. The van der Waals surface area contributed by atoms with Crippen molar-refractivity contribution in [2.75, 3.05) is 13.1 Å². The van der Waals surface area contributed by atoms with Crippen molar-refractivity contribution in [3.05, 3.63) is 11.6 Å². The SMILES string of the molecule is CC(C)NC(=O)[C@@H]1C[C@H](N)CN1CC1=CC[C@H]2C[C@@H]1C2(C)C. The Morgan fingerprint density at radius 2 is 2.18 bits per heavy atom. The van der Waals surface area contributed by atoms with E-state index < -0.39 is 0 Å². The number of nitrogens with one attached hydrogen (secondary N) is 1. The lowest BCUT2D eigenvalue weighted by atomic mass is 9.49. The number of hydrogen-bond acceptors (Lipinski definition) is 3. The zero-order chi connectivity index (χ0) is 16.1. The third-order valence-electron chi connectivity index (χ3n) is 6.14. The monoisotopic (exact) mass is 305 g/mol. The van der Waals surface area contributed by atoms with Gasteiger partial charge in [-0.25, -0.2) is 0 Å². The molecule has 1 amide bonds. The molecule has 0 aromatic rings. The summed E-state index contributed by atoms with van der Waals surface area (Å²) < 4.78 is 0. The zero-order valence-electron chi connectivity index (χ0n) is 14.4. The van der Waals surface area contributed by atoms with Crippen LogP contribution in [0.1, 0.15) is 47.0 Å². The molecule has 0 aromatic carbocycles. The maximum absolute atomic E-state index is 12.4. The third-order valence-corrected chi connectivity index (χ3v) is 6.14. The van der Waals surface area contributed by atoms with Gasteiger partial charge in [0, 0.05) is 25.2 Å². The largest absolute Gasteiger partial charge is 0.353 e. The molecule has 3 aliphatic carbocycles. The van der Waals surface area contributed by atoms with Gasteiger partial charge >= 0.3 is 0 Å². The summed E-state index contributed by atoms with van der Waals surface area (Å²) in [7, 11) is 0. The quantitative estimate of drug-likeness (QED) is 0.780. The van der Waals surface area contributed by atoms with Crippen LogP contribution in [0.4, 0.5) is 0 Å². The van der Waals surface area contributed by atoms with Crippen LogP contribution in [0.2, 0.25) is 0 Å². The average Bonchev–Trinajstić information content (AvgIpc) is 2.79. The smallest absolute Gasteiger partial charge is 0.237 e. The van der Waals surface area contributed by atoms with Crippen LogP contribution in [-0.2, 0) is 4.79 Å². The molecule has 4 aliphatic rings. The molecular formula is C18H31N3O. The third kappa shape index (κ3) is 2.71. The summed E-state index contributed by atoms with van der Waals surface area (Å²) in [6.45, 7) is 10.6. The van der Waals surface area contributed by atoms with Gasteiger partial charge in [-0.2, -0.15) is 0 Å². The van der Waals surface area contributed by atoms with Gasteiger partial charge in [0.15, 0.2) is 0 Å². The van der Waals surface area contributed by atoms with Crippen LogP contribution >= 0.6 is 0 Å². The van der Waals surface area contributed by atoms with Crippen LogP contribution in [0.15, 0.2) is 11.6 Å². The number of rotatable bonds is 4. The minimum absolute atomic E-state index is 0.0563. The summed E-state index contributed by atoms with van der Waals surface area (Å²) in [5.41, 5.74) is 8.14. The first kappa shape index (κ1) is 16.0. The maximum atomic E-state index is 12.4. The van der Waals surface area contributed by atoms with E-state index in [9.17, 15) is 4.79 Å². The second kappa shape index (κ2) is 5.64. The molecule has 1 aliphatic heterocycles. The molecule has 0 aromatic heterocycles. The van der Waals surface area contributed by atoms with Crippen molar-refractivity contribution in [3.8, 4) is 0 Å². The van der Waals surface area contributed by atoms with Gasteiger partial charge in [-0.05, 0) is 50.4 Å². The molecular weight excluding hydrogens is 274 g/mol. The molecule has 2 bridgehead atoms. The lowest BCUT2D eigenvalue weighted by molar-refractivity contribution is -0.126. The molecule has 4 nitrogen and oxygen atoms in total. The van der Waals surface area contributed by atoms with E-state index in [-0.39, 0.29) is 24.0 Å². The Morgan fingerprint density at radius 1 is 1.45 bits per heavy atom. The number of nitrogens with zero attached hydrogens (tertiary/aromatic N) is 1. The second-order valence-electron chi connectivity index (χ2n) is 8.43. The summed E-state index contributed by atoms with van der Waals surface area (Å²) in [6, 6.07) is 0.250. The van der Waals surface area contributed by atoms with Crippen molar-refractivity contribution in [2.45, 2.75) is 65.1 Å². The first-order valence-electron chi connectivity index (χ1n) is 8.78. The molecule has 0 unspecified atom stereocenters. The van der Waals surface area contributed by atoms with Gasteiger partial charge in [0.25, 0.3) is 0 Å². The van der Waals surface area contributed by atoms with Crippen LogP contribution in [0.25, 0.3) is 0 Å². The fourth-order valence-electron chi connectivity index (χ4n) is 4.66. The number of fused-ring (bicyclic) bond motifs is 1. The predicted octanol–water partition coefficient (Wildman–Crippen LogP) is 1.90. The van der Waals surface area contributed by atoms with E-state index in [0.717, 1.165) is 25.4 Å². The number of nitrogens with two attached hydrogens (primary N) is 1. The Bertz CT molecular complexity index is 483. The van der Waals surface area contributed by atoms with Crippen LogP contribution in [-0.4, -0.2) is 42.0 Å². The summed E-state index contributed by atoms with van der Waals surface area (Å²) in [6.07, 6.45) is 5.76. The Morgan fingerprint density at radius 3 is 2.77 bits per heavy atom. The normalized spacial score (nSPS) is 36.9. The Balaban J connectivity index is 1.68. The van der Waals surface area contributed by atoms with Crippen LogP contribution < -0.4 is 11.1 Å². The molecule has 1 heterocycles. The summed E-state index contributed by atoms with van der Waals surface area (Å²) in [5, 5.41) is 3.05. The fourth-order valence-corrected chi connectivity index (χ4v) is 4.66. The van der Waals surface area contributed by atoms with E-state index in [0.29, 0.717) is 11.3 Å². The number of allylic oxidation sites excluding steroid dienone is 1. The van der Waals surface area contributed by atoms with Crippen molar-refractivity contribution in [3.63, 3.8) is 0 Å². The summed E-state index contributed by atoms with van der Waals surface area (Å²) >= 11 is 0. The lowest BCUT2D eigenvalue weighted by Gasteiger charge is -2.57. The van der Waals surface area contributed by atoms with Gasteiger partial charge in [-0.15, -0.1) is 0 Å². The Labute approximate surface area is 134 Å². The minimum Gasteiger partial charge on any atom is -0.353 e. The van der Waals surface area contributed by atoms with Gasteiger partial charge < -0.3 is 11.1 Å². The topological polar surface area (TPSA) is 58.4 Å². The van der Waals surface area contributed by atoms with E-state index in [1.807, 2.05) is 13.8 Å². The Kier molecular flexibility index (Phi) is 4.11. The number of carbonyl (C=O) groups excluding carboxylic acids is 1. The molecule has 4 heteroatoms. The predicted molar refractivity (Wildman–Crippen MR) is 89.3 cm³/mol. The highest BCUT2D eigenvalue weighted by molar-refractivity contribution is 5.82. The van der Waals surface area contributed by atoms with Gasteiger partial charge in [0.05, 0.1) is 6.04 Å². The van der Waals surface area contributed by atoms with Crippen molar-refractivity contribution in [1.29, 1.82) is 0 Å². The first-order valence-corrected chi connectivity index (χ1v) is 8.78. The molecule has 1 saturated heterocycles. The molecule has 1 saturated carbocycles. The van der Waals surface area contributed by atoms with Crippen molar-refractivity contribution in [1.82, 2.24) is 10.2 Å². The fraction of sp³-hybridized carbons (Fsp3) is 0.833.